The van der Waals surface area contributed by atoms with E-state index in [9.17, 15) is 19.5 Å². The molecule has 1 fully saturated rings. The monoisotopic (exact) mass is 430 g/mol. The molecule has 0 aliphatic carbocycles. The Morgan fingerprint density at radius 1 is 0.781 bits per heavy atom. The number of phenols is 1. The molecule has 0 spiro atoms. The minimum absolute atomic E-state index is 0.0899. The van der Waals surface area contributed by atoms with Crippen molar-refractivity contribution in [2.45, 2.75) is 12.1 Å². The standard InChI is InChI=1S/C24H22N4O4/c29-21-4-2-1-3-18(21)22(30)15-5-7-16(8-6-15)23(31)27-19-13-26-14-20(19)28-24(32)17-9-11-25-12-10-17/h1-12,19-20,26,29H,13-14H2,(H,27,31)(H,28,32)/t19?,20-/m1/s1. The molecule has 162 valence electrons. The fraction of sp³-hybridized carbons (Fsp3) is 0.167. The number of hydrogen-bond donors (Lipinski definition) is 4. The summed E-state index contributed by atoms with van der Waals surface area (Å²) >= 11 is 0. The summed E-state index contributed by atoms with van der Waals surface area (Å²) in [5.41, 5.74) is 1.47. The Morgan fingerprint density at radius 3 is 1.91 bits per heavy atom. The number of para-hydroxylation sites is 1. The number of nitrogens with one attached hydrogen (secondary N) is 3. The lowest BCUT2D eigenvalue weighted by Crippen LogP contribution is -2.51. The summed E-state index contributed by atoms with van der Waals surface area (Å²) in [7, 11) is 0. The van der Waals surface area contributed by atoms with Crippen molar-refractivity contribution >= 4 is 17.6 Å². The lowest BCUT2D eigenvalue weighted by atomic mass is 10.0. The zero-order chi connectivity index (χ0) is 22.5. The van der Waals surface area contributed by atoms with Crippen LogP contribution in [-0.4, -0.2) is 52.9 Å². The molecule has 2 amide bonds. The maximum Gasteiger partial charge on any atom is 0.251 e. The molecule has 1 aliphatic heterocycles. The molecule has 1 saturated heterocycles. The molecule has 8 heteroatoms. The number of hydrogen-bond acceptors (Lipinski definition) is 6. The minimum Gasteiger partial charge on any atom is -0.507 e. The highest BCUT2D eigenvalue weighted by Crippen LogP contribution is 2.20. The molecule has 32 heavy (non-hydrogen) atoms. The largest absolute Gasteiger partial charge is 0.507 e. The lowest BCUT2D eigenvalue weighted by molar-refractivity contribution is 0.0896. The molecule has 0 saturated carbocycles. The van der Waals surface area contributed by atoms with Gasteiger partial charge in [-0.3, -0.25) is 19.4 Å². The molecule has 1 aliphatic rings. The number of aromatic nitrogens is 1. The van der Waals surface area contributed by atoms with E-state index < -0.39 is 0 Å². The third-order valence-electron chi connectivity index (χ3n) is 5.35. The van der Waals surface area contributed by atoms with Gasteiger partial charge >= 0.3 is 0 Å². The number of aromatic hydroxyl groups is 1. The normalized spacial score (nSPS) is 17.5. The van der Waals surface area contributed by atoms with Crippen molar-refractivity contribution in [2.24, 2.45) is 0 Å². The van der Waals surface area contributed by atoms with Crippen molar-refractivity contribution in [2.75, 3.05) is 13.1 Å². The van der Waals surface area contributed by atoms with Gasteiger partial charge in [0.05, 0.1) is 17.6 Å². The van der Waals surface area contributed by atoms with Gasteiger partial charge in [0.1, 0.15) is 5.75 Å². The third kappa shape index (κ3) is 4.65. The number of nitrogens with zero attached hydrogens (tertiary/aromatic N) is 1. The van der Waals surface area contributed by atoms with Crippen molar-refractivity contribution in [1.82, 2.24) is 20.9 Å². The van der Waals surface area contributed by atoms with Crippen LogP contribution in [-0.2, 0) is 0 Å². The highest BCUT2D eigenvalue weighted by atomic mass is 16.3. The van der Waals surface area contributed by atoms with Crippen LogP contribution in [0.4, 0.5) is 0 Å². The number of phenolic OH excluding ortho intramolecular Hbond substituents is 1. The predicted octanol–water partition coefficient (Wildman–Crippen LogP) is 1.52. The Morgan fingerprint density at radius 2 is 1.31 bits per heavy atom. The van der Waals surface area contributed by atoms with Crippen LogP contribution in [0.25, 0.3) is 0 Å². The van der Waals surface area contributed by atoms with Crippen molar-refractivity contribution in [3.05, 3.63) is 95.3 Å². The maximum absolute atomic E-state index is 12.7. The van der Waals surface area contributed by atoms with Gasteiger partial charge in [-0.1, -0.05) is 24.3 Å². The minimum atomic E-state index is -0.325. The van der Waals surface area contributed by atoms with Crippen LogP contribution in [0.5, 0.6) is 5.75 Å². The first-order chi connectivity index (χ1) is 15.5. The summed E-state index contributed by atoms with van der Waals surface area (Å²) in [5.74, 6) is -0.947. The zero-order valence-corrected chi connectivity index (χ0v) is 17.1. The second-order valence-corrected chi connectivity index (χ2v) is 7.48. The smallest absolute Gasteiger partial charge is 0.251 e. The van der Waals surface area contributed by atoms with Gasteiger partial charge < -0.3 is 21.1 Å². The van der Waals surface area contributed by atoms with Crippen LogP contribution < -0.4 is 16.0 Å². The quantitative estimate of drug-likeness (QED) is 0.440. The third-order valence-corrected chi connectivity index (χ3v) is 5.35. The summed E-state index contributed by atoms with van der Waals surface area (Å²) in [6.07, 6.45) is 3.10. The number of amides is 2. The molecule has 2 atom stereocenters. The van der Waals surface area contributed by atoms with Gasteiger partial charge in [-0.25, -0.2) is 0 Å². The molecule has 8 nitrogen and oxygen atoms in total. The van der Waals surface area contributed by atoms with Crippen LogP contribution in [0.3, 0.4) is 0 Å². The first kappa shape index (κ1) is 21.2. The molecule has 4 N–H and O–H groups in total. The fourth-order valence-electron chi connectivity index (χ4n) is 3.58. The van der Waals surface area contributed by atoms with Crippen molar-refractivity contribution < 1.29 is 19.5 Å². The highest BCUT2D eigenvalue weighted by Gasteiger charge is 2.30. The van der Waals surface area contributed by atoms with Crippen LogP contribution >= 0.6 is 0 Å². The second-order valence-electron chi connectivity index (χ2n) is 7.48. The van der Waals surface area contributed by atoms with Gasteiger partial charge in [0.25, 0.3) is 11.8 Å². The summed E-state index contributed by atoms with van der Waals surface area (Å²) in [6, 6.07) is 15.3. The summed E-state index contributed by atoms with van der Waals surface area (Å²) in [6.45, 7) is 1.06. The van der Waals surface area contributed by atoms with Crippen molar-refractivity contribution in [3.8, 4) is 5.75 Å². The van der Waals surface area contributed by atoms with Crippen LogP contribution in [0.1, 0.15) is 36.6 Å². The van der Waals surface area contributed by atoms with E-state index in [-0.39, 0.29) is 41.0 Å². The van der Waals surface area contributed by atoms with Gasteiger partial charge in [0.15, 0.2) is 5.78 Å². The molecule has 1 unspecified atom stereocenters. The highest BCUT2D eigenvalue weighted by molar-refractivity contribution is 6.11. The van der Waals surface area contributed by atoms with Crippen LogP contribution in [0.15, 0.2) is 73.1 Å². The van der Waals surface area contributed by atoms with E-state index in [0.717, 1.165) is 0 Å². The average Bonchev–Trinajstić information content (AvgIpc) is 3.26. The number of ketones is 1. The number of rotatable bonds is 6. The lowest BCUT2D eigenvalue weighted by Gasteiger charge is -2.21. The first-order valence-corrected chi connectivity index (χ1v) is 10.2. The van der Waals surface area contributed by atoms with E-state index >= 15 is 0 Å². The Bertz CT molecular complexity index is 1130. The Labute approximate surface area is 184 Å². The van der Waals surface area contributed by atoms with E-state index in [1.165, 1.54) is 6.07 Å². The summed E-state index contributed by atoms with van der Waals surface area (Å²) in [4.78, 5) is 41.6. The maximum atomic E-state index is 12.7. The molecule has 2 heterocycles. The number of carbonyl (C=O) groups is 3. The zero-order valence-electron chi connectivity index (χ0n) is 17.1. The van der Waals surface area contributed by atoms with Gasteiger partial charge in [-0.15, -0.1) is 0 Å². The molecular weight excluding hydrogens is 408 g/mol. The van der Waals surface area contributed by atoms with Crippen LogP contribution in [0, 0.1) is 0 Å². The van der Waals surface area contributed by atoms with E-state index in [1.807, 2.05) is 0 Å². The van der Waals surface area contributed by atoms with E-state index in [0.29, 0.717) is 29.8 Å². The SMILES string of the molecule is O=C(NC1CNC[C@H]1NC(=O)c1ccncc1)c1ccc(C(=O)c2ccccc2O)cc1. The Hall–Kier alpha value is -4.04. The Balaban J connectivity index is 1.39. The van der Waals surface area contributed by atoms with Gasteiger partial charge in [0.2, 0.25) is 0 Å². The van der Waals surface area contributed by atoms with Crippen LogP contribution in [0.2, 0.25) is 0 Å². The van der Waals surface area contributed by atoms with E-state index in [1.54, 1.807) is 67.0 Å². The van der Waals surface area contributed by atoms with E-state index in [4.69, 9.17) is 0 Å². The molecule has 0 bridgehead atoms. The van der Waals surface area contributed by atoms with Gasteiger partial charge in [0, 0.05) is 42.2 Å². The fourth-order valence-corrected chi connectivity index (χ4v) is 3.58. The molecule has 3 aromatic rings. The van der Waals surface area contributed by atoms with Gasteiger partial charge in [-0.05, 0) is 36.4 Å². The molecule has 4 rings (SSSR count). The number of benzene rings is 2. The van der Waals surface area contributed by atoms with Crippen molar-refractivity contribution in [1.29, 1.82) is 0 Å². The van der Waals surface area contributed by atoms with E-state index in [2.05, 4.69) is 20.9 Å². The topological polar surface area (TPSA) is 120 Å². The molecule has 1 aromatic heterocycles. The molecule has 0 radical (unpaired) electrons. The van der Waals surface area contributed by atoms with Gasteiger partial charge in [-0.2, -0.15) is 0 Å². The average molecular weight is 430 g/mol. The first-order valence-electron chi connectivity index (χ1n) is 10.2. The summed E-state index contributed by atoms with van der Waals surface area (Å²) in [5, 5.41) is 18.9. The number of pyridine rings is 1. The molecular formula is C24H22N4O4. The molecule has 2 aromatic carbocycles. The van der Waals surface area contributed by atoms with Crippen molar-refractivity contribution in [3.63, 3.8) is 0 Å². The predicted molar refractivity (Wildman–Crippen MR) is 118 cm³/mol. The number of carbonyl (C=O) groups excluding carboxylic acids is 3. The second kappa shape index (κ2) is 9.40. The Kier molecular flexibility index (Phi) is 6.23. The summed E-state index contributed by atoms with van der Waals surface area (Å²) < 4.78 is 0.